The number of amides is 1. The van der Waals surface area contributed by atoms with E-state index in [9.17, 15) is 9.59 Å². The Labute approximate surface area is 132 Å². The highest BCUT2D eigenvalue weighted by atomic mass is 16.5. The summed E-state index contributed by atoms with van der Waals surface area (Å²) in [6, 6.07) is 3.00. The summed E-state index contributed by atoms with van der Waals surface area (Å²) in [4.78, 5) is 40.8. The molecular formula is C15H17N5O3. The molecule has 2 aromatic rings. The summed E-state index contributed by atoms with van der Waals surface area (Å²) < 4.78 is 5.67. The molecule has 2 aromatic heterocycles. The number of carbonyl (C=O) groups excluding carboxylic acids is 1. The predicted octanol–water partition coefficient (Wildman–Crippen LogP) is 0.390. The first-order chi connectivity index (χ1) is 11.0. The van der Waals surface area contributed by atoms with Gasteiger partial charge in [0.2, 0.25) is 0 Å². The summed E-state index contributed by atoms with van der Waals surface area (Å²) >= 11 is 0. The average molecular weight is 315 g/mol. The molecule has 23 heavy (non-hydrogen) atoms. The van der Waals surface area contributed by atoms with Gasteiger partial charge < -0.3 is 14.6 Å². The molecule has 1 aliphatic heterocycles. The van der Waals surface area contributed by atoms with Crippen LogP contribution in [-0.4, -0.2) is 50.4 Å². The number of aromatic amines is 1. The van der Waals surface area contributed by atoms with Crippen LogP contribution in [0.15, 0.2) is 23.1 Å². The molecule has 120 valence electrons. The van der Waals surface area contributed by atoms with Crippen LogP contribution in [0.5, 0.6) is 0 Å². The molecule has 8 heteroatoms. The van der Waals surface area contributed by atoms with Crippen LogP contribution in [0.3, 0.4) is 0 Å². The number of rotatable bonds is 2. The minimum Gasteiger partial charge on any atom is -0.368 e. The predicted molar refractivity (Wildman–Crippen MR) is 81.0 cm³/mol. The van der Waals surface area contributed by atoms with Crippen LogP contribution in [0, 0.1) is 13.8 Å². The van der Waals surface area contributed by atoms with E-state index < -0.39 is 6.10 Å². The maximum atomic E-state index is 12.6. The summed E-state index contributed by atoms with van der Waals surface area (Å²) in [5.74, 6) is 0.892. The van der Waals surface area contributed by atoms with E-state index in [1.165, 1.54) is 6.07 Å². The van der Waals surface area contributed by atoms with Gasteiger partial charge in [-0.15, -0.1) is 0 Å². The van der Waals surface area contributed by atoms with Gasteiger partial charge in [0.05, 0.1) is 18.8 Å². The van der Waals surface area contributed by atoms with Crippen LogP contribution in [0.25, 0.3) is 0 Å². The lowest BCUT2D eigenvalue weighted by atomic mass is 10.2. The van der Waals surface area contributed by atoms with Crippen LogP contribution in [0.1, 0.15) is 33.9 Å². The molecule has 8 nitrogen and oxygen atoms in total. The van der Waals surface area contributed by atoms with E-state index in [-0.39, 0.29) is 11.5 Å². The van der Waals surface area contributed by atoms with Crippen molar-refractivity contribution in [2.75, 3.05) is 19.7 Å². The SMILES string of the molecule is Cc1nccc(C(=O)N2CCO[C@H](c3cc(=O)[nH]c(C)n3)C2)n1. The van der Waals surface area contributed by atoms with Crippen LogP contribution >= 0.6 is 0 Å². The highest BCUT2D eigenvalue weighted by Gasteiger charge is 2.28. The average Bonchev–Trinajstić information content (AvgIpc) is 2.53. The molecule has 1 amide bonds. The van der Waals surface area contributed by atoms with E-state index >= 15 is 0 Å². The number of H-pyrrole nitrogens is 1. The Kier molecular flexibility index (Phi) is 4.16. The Morgan fingerprint density at radius 1 is 1.39 bits per heavy atom. The van der Waals surface area contributed by atoms with Gasteiger partial charge >= 0.3 is 0 Å². The highest BCUT2D eigenvalue weighted by Crippen LogP contribution is 2.20. The monoisotopic (exact) mass is 315 g/mol. The highest BCUT2D eigenvalue weighted by molar-refractivity contribution is 5.92. The second-order valence-corrected chi connectivity index (χ2v) is 5.36. The Morgan fingerprint density at radius 3 is 2.96 bits per heavy atom. The molecular weight excluding hydrogens is 298 g/mol. The maximum Gasteiger partial charge on any atom is 0.272 e. The summed E-state index contributed by atoms with van der Waals surface area (Å²) in [6.45, 7) is 4.63. The van der Waals surface area contributed by atoms with Gasteiger partial charge in [0.25, 0.3) is 11.5 Å². The maximum absolute atomic E-state index is 12.6. The molecule has 1 N–H and O–H groups in total. The third-order valence-electron chi connectivity index (χ3n) is 3.56. The van der Waals surface area contributed by atoms with Crippen molar-refractivity contribution in [1.82, 2.24) is 24.8 Å². The number of nitrogens with zero attached hydrogens (tertiary/aromatic N) is 4. The van der Waals surface area contributed by atoms with E-state index in [4.69, 9.17) is 4.74 Å². The summed E-state index contributed by atoms with van der Waals surface area (Å²) in [5.41, 5.74) is 0.654. The smallest absolute Gasteiger partial charge is 0.272 e. The molecule has 1 fully saturated rings. The zero-order valence-electron chi connectivity index (χ0n) is 12.9. The first kappa shape index (κ1) is 15.3. The van der Waals surface area contributed by atoms with Crippen LogP contribution < -0.4 is 5.56 Å². The first-order valence-electron chi connectivity index (χ1n) is 7.31. The second kappa shape index (κ2) is 6.25. The van der Waals surface area contributed by atoms with Gasteiger partial charge in [-0.05, 0) is 19.9 Å². The van der Waals surface area contributed by atoms with E-state index in [1.54, 1.807) is 31.0 Å². The van der Waals surface area contributed by atoms with Gasteiger partial charge in [0.15, 0.2) is 0 Å². The largest absolute Gasteiger partial charge is 0.368 e. The topological polar surface area (TPSA) is 101 Å². The minimum atomic E-state index is -0.420. The number of ether oxygens (including phenoxy) is 1. The number of carbonyl (C=O) groups is 1. The fourth-order valence-corrected chi connectivity index (χ4v) is 2.52. The van der Waals surface area contributed by atoms with Gasteiger partial charge in [-0.1, -0.05) is 0 Å². The number of morpholine rings is 1. The normalized spacial score (nSPS) is 18.0. The van der Waals surface area contributed by atoms with E-state index in [1.807, 2.05) is 0 Å². The molecule has 1 atom stereocenters. The molecule has 0 radical (unpaired) electrons. The number of aryl methyl sites for hydroxylation is 2. The van der Waals surface area contributed by atoms with E-state index in [0.717, 1.165) is 0 Å². The third kappa shape index (κ3) is 3.42. The standard InChI is InChI=1S/C15H17N5O3/c1-9-16-4-3-11(17-9)15(22)20-5-6-23-13(8-20)12-7-14(21)19-10(2)18-12/h3-4,7,13H,5-6,8H2,1-2H3,(H,18,19,21)/t13-/m0/s1. The van der Waals surface area contributed by atoms with Gasteiger partial charge in [-0.25, -0.2) is 15.0 Å². The number of nitrogens with one attached hydrogen (secondary N) is 1. The number of aromatic nitrogens is 4. The Bertz CT molecular complexity index is 789. The van der Waals surface area contributed by atoms with Crippen molar-refractivity contribution in [3.8, 4) is 0 Å². The van der Waals surface area contributed by atoms with Crippen molar-refractivity contribution in [3.63, 3.8) is 0 Å². The van der Waals surface area contributed by atoms with E-state index in [0.29, 0.717) is 42.7 Å². The molecule has 0 aromatic carbocycles. The Hall–Kier alpha value is -2.61. The Balaban J connectivity index is 1.80. The van der Waals surface area contributed by atoms with Crippen LogP contribution in [0.4, 0.5) is 0 Å². The van der Waals surface area contributed by atoms with Gasteiger partial charge in [-0.3, -0.25) is 9.59 Å². The second-order valence-electron chi connectivity index (χ2n) is 5.36. The summed E-state index contributed by atoms with van der Waals surface area (Å²) in [6.07, 6.45) is 1.14. The van der Waals surface area contributed by atoms with Crippen molar-refractivity contribution in [2.45, 2.75) is 20.0 Å². The van der Waals surface area contributed by atoms with Crippen LogP contribution in [-0.2, 0) is 4.74 Å². The number of hydrogen-bond donors (Lipinski definition) is 1. The van der Waals surface area contributed by atoms with E-state index in [2.05, 4.69) is 19.9 Å². The molecule has 0 unspecified atom stereocenters. The lowest BCUT2D eigenvalue weighted by molar-refractivity contribution is -0.0250. The molecule has 0 aliphatic carbocycles. The zero-order valence-corrected chi connectivity index (χ0v) is 12.9. The van der Waals surface area contributed by atoms with Crippen molar-refractivity contribution < 1.29 is 9.53 Å². The van der Waals surface area contributed by atoms with Crippen molar-refractivity contribution in [2.24, 2.45) is 0 Å². The van der Waals surface area contributed by atoms with Gasteiger partial charge in [0, 0.05) is 18.8 Å². The Morgan fingerprint density at radius 2 is 2.22 bits per heavy atom. The van der Waals surface area contributed by atoms with Gasteiger partial charge in [0.1, 0.15) is 23.4 Å². The first-order valence-corrected chi connectivity index (χ1v) is 7.31. The zero-order chi connectivity index (χ0) is 16.4. The molecule has 3 rings (SSSR count). The quantitative estimate of drug-likeness (QED) is 0.860. The molecule has 1 saturated heterocycles. The summed E-state index contributed by atoms with van der Waals surface area (Å²) in [5, 5.41) is 0. The van der Waals surface area contributed by atoms with Crippen LogP contribution in [0.2, 0.25) is 0 Å². The molecule has 0 spiro atoms. The fraction of sp³-hybridized carbons (Fsp3) is 0.400. The molecule has 1 aliphatic rings. The van der Waals surface area contributed by atoms with Crippen molar-refractivity contribution in [1.29, 1.82) is 0 Å². The number of hydrogen-bond acceptors (Lipinski definition) is 6. The molecule has 0 saturated carbocycles. The van der Waals surface area contributed by atoms with Gasteiger partial charge in [-0.2, -0.15) is 0 Å². The molecule has 3 heterocycles. The summed E-state index contributed by atoms with van der Waals surface area (Å²) in [7, 11) is 0. The third-order valence-corrected chi connectivity index (χ3v) is 3.56. The minimum absolute atomic E-state index is 0.176. The lowest BCUT2D eigenvalue weighted by Gasteiger charge is -2.32. The molecule has 0 bridgehead atoms. The van der Waals surface area contributed by atoms with Crippen molar-refractivity contribution >= 4 is 5.91 Å². The fourth-order valence-electron chi connectivity index (χ4n) is 2.52. The lowest BCUT2D eigenvalue weighted by Crippen LogP contribution is -2.43. The van der Waals surface area contributed by atoms with Crippen molar-refractivity contribution in [3.05, 3.63) is 51.7 Å².